The molecule has 0 unspecified atom stereocenters. The van der Waals surface area contributed by atoms with Gasteiger partial charge in [0.15, 0.2) is 0 Å². The number of aromatic nitrogens is 2. The van der Waals surface area contributed by atoms with Crippen LogP contribution in [0.15, 0.2) is 82.2 Å². The fourth-order valence-electron chi connectivity index (χ4n) is 4.36. The molecular weight excluding hydrogens is 412 g/mol. The van der Waals surface area contributed by atoms with E-state index in [9.17, 15) is 4.79 Å². The van der Waals surface area contributed by atoms with Gasteiger partial charge in [0.25, 0.3) is 5.56 Å². The zero-order chi connectivity index (χ0) is 22.8. The van der Waals surface area contributed by atoms with Gasteiger partial charge in [0.1, 0.15) is 5.76 Å². The van der Waals surface area contributed by atoms with Crippen molar-refractivity contribution in [2.75, 3.05) is 11.6 Å². The molecule has 168 valence electrons. The second kappa shape index (κ2) is 9.08. The fraction of sp³-hybridized carbons (Fsp3) is 0.259. The lowest BCUT2D eigenvalue weighted by molar-refractivity contribution is 0.176. The monoisotopic (exact) mass is 440 g/mol. The van der Waals surface area contributed by atoms with Gasteiger partial charge >= 0.3 is 0 Å². The van der Waals surface area contributed by atoms with Crippen LogP contribution in [0.4, 0.5) is 11.6 Å². The van der Waals surface area contributed by atoms with Crippen LogP contribution < -0.4 is 10.5 Å². The molecule has 1 aliphatic rings. The molecule has 6 heteroatoms. The molecule has 0 aliphatic carbocycles. The van der Waals surface area contributed by atoms with E-state index in [2.05, 4.69) is 41.0 Å². The van der Waals surface area contributed by atoms with Crippen LogP contribution in [0, 0.1) is 6.92 Å². The Bertz CT molecular complexity index is 1280. The van der Waals surface area contributed by atoms with Gasteiger partial charge in [-0.05, 0) is 48.7 Å². The third-order valence-corrected chi connectivity index (χ3v) is 6.21. The van der Waals surface area contributed by atoms with Gasteiger partial charge in [0.05, 0.1) is 31.8 Å². The van der Waals surface area contributed by atoms with Crippen LogP contribution in [0.3, 0.4) is 0 Å². The van der Waals surface area contributed by atoms with E-state index in [4.69, 9.17) is 9.40 Å². The summed E-state index contributed by atoms with van der Waals surface area (Å²) in [6.07, 6.45) is 3.24. The molecule has 2 aromatic heterocycles. The first kappa shape index (κ1) is 21.2. The maximum absolute atomic E-state index is 13.7. The van der Waals surface area contributed by atoms with E-state index in [1.165, 1.54) is 5.56 Å². The molecule has 0 bridgehead atoms. The lowest BCUT2D eigenvalue weighted by Crippen LogP contribution is -2.47. The third-order valence-electron chi connectivity index (χ3n) is 6.21. The highest BCUT2D eigenvalue weighted by Crippen LogP contribution is 2.29. The van der Waals surface area contributed by atoms with Crippen molar-refractivity contribution in [1.29, 1.82) is 0 Å². The summed E-state index contributed by atoms with van der Waals surface area (Å²) in [4.78, 5) is 23.0. The summed E-state index contributed by atoms with van der Waals surface area (Å²) in [7, 11) is 0. The Morgan fingerprint density at radius 2 is 1.73 bits per heavy atom. The Kier molecular flexibility index (Phi) is 5.84. The molecule has 0 atom stereocenters. The molecule has 6 nitrogen and oxygen atoms in total. The van der Waals surface area contributed by atoms with E-state index >= 15 is 0 Å². The van der Waals surface area contributed by atoms with Gasteiger partial charge in [-0.1, -0.05) is 49.4 Å². The van der Waals surface area contributed by atoms with Crippen LogP contribution in [0.1, 0.15) is 35.1 Å². The average Bonchev–Trinajstić information content (AvgIpc) is 3.36. The van der Waals surface area contributed by atoms with Crippen molar-refractivity contribution in [3.63, 3.8) is 0 Å². The molecule has 0 saturated heterocycles. The highest BCUT2D eigenvalue weighted by Gasteiger charge is 2.28. The Morgan fingerprint density at radius 3 is 2.42 bits per heavy atom. The van der Waals surface area contributed by atoms with Gasteiger partial charge in [-0.3, -0.25) is 19.2 Å². The van der Waals surface area contributed by atoms with Crippen LogP contribution in [0.25, 0.3) is 0 Å². The molecular formula is C27H28N4O2. The summed E-state index contributed by atoms with van der Waals surface area (Å²) in [6, 6.07) is 22.4. The lowest BCUT2D eigenvalue weighted by atomic mass is 10.1. The number of furan rings is 1. The maximum atomic E-state index is 13.7. The van der Waals surface area contributed by atoms with E-state index < -0.39 is 0 Å². The number of hydrogen-bond donors (Lipinski definition) is 0. The molecule has 0 radical (unpaired) electrons. The molecule has 3 heterocycles. The van der Waals surface area contributed by atoms with Gasteiger partial charge in [0.2, 0.25) is 5.95 Å². The van der Waals surface area contributed by atoms with Gasteiger partial charge in [-0.15, -0.1) is 0 Å². The number of aryl methyl sites for hydroxylation is 2. The molecule has 5 rings (SSSR count). The summed E-state index contributed by atoms with van der Waals surface area (Å²) in [5.74, 6) is 1.56. The third kappa shape index (κ3) is 4.34. The minimum Gasteiger partial charge on any atom is -0.468 e. The van der Waals surface area contributed by atoms with E-state index in [-0.39, 0.29) is 5.56 Å². The molecule has 2 aromatic carbocycles. The number of anilines is 2. The topological polar surface area (TPSA) is 54.5 Å². The summed E-state index contributed by atoms with van der Waals surface area (Å²) in [6.45, 7) is 5.79. The number of nitrogens with zero attached hydrogens (tertiary/aromatic N) is 4. The van der Waals surface area contributed by atoms with Crippen LogP contribution >= 0.6 is 0 Å². The van der Waals surface area contributed by atoms with Crippen LogP contribution in [0.5, 0.6) is 0 Å². The summed E-state index contributed by atoms with van der Waals surface area (Å²) >= 11 is 0. The van der Waals surface area contributed by atoms with Crippen molar-refractivity contribution in [3.8, 4) is 0 Å². The smallest absolute Gasteiger partial charge is 0.259 e. The predicted octanol–water partition coefficient (Wildman–Crippen LogP) is 4.87. The average molecular weight is 441 g/mol. The lowest BCUT2D eigenvalue weighted by Gasteiger charge is -2.38. The highest BCUT2D eigenvalue weighted by atomic mass is 16.3. The summed E-state index contributed by atoms with van der Waals surface area (Å²) in [5.41, 5.74) is 4.95. The van der Waals surface area contributed by atoms with Crippen molar-refractivity contribution in [3.05, 3.63) is 111 Å². The van der Waals surface area contributed by atoms with Gasteiger partial charge in [0, 0.05) is 17.7 Å². The Balaban J connectivity index is 1.57. The standard InChI is InChI=1S/C27H28N4O2/c1-3-21-11-13-23(14-12-21)30-18-29(17-24-10-7-15-33-24)19-31-26(32)25(20(2)28-27(30)31)16-22-8-5-4-6-9-22/h4-15H,3,16-19H2,1-2H3. The summed E-state index contributed by atoms with van der Waals surface area (Å²) in [5, 5.41) is 0. The maximum Gasteiger partial charge on any atom is 0.259 e. The molecule has 0 saturated carbocycles. The second-order valence-electron chi connectivity index (χ2n) is 8.51. The zero-order valence-electron chi connectivity index (χ0n) is 19.1. The Hall–Kier alpha value is -3.64. The SMILES string of the molecule is CCc1ccc(N2CN(Cc3ccco3)Cn3c2nc(C)c(Cc2ccccc2)c3=O)cc1. The van der Waals surface area contributed by atoms with E-state index in [1.54, 1.807) is 10.8 Å². The Morgan fingerprint density at radius 1 is 0.939 bits per heavy atom. The quantitative estimate of drug-likeness (QED) is 0.428. The van der Waals surface area contributed by atoms with Gasteiger partial charge < -0.3 is 4.42 Å². The Labute approximate surface area is 193 Å². The molecule has 4 aromatic rings. The van der Waals surface area contributed by atoms with Crippen molar-refractivity contribution in [2.24, 2.45) is 0 Å². The highest BCUT2D eigenvalue weighted by molar-refractivity contribution is 5.59. The molecule has 1 aliphatic heterocycles. The van der Waals surface area contributed by atoms with Crippen molar-refractivity contribution in [2.45, 2.75) is 39.9 Å². The van der Waals surface area contributed by atoms with Crippen molar-refractivity contribution in [1.82, 2.24) is 14.5 Å². The number of benzene rings is 2. The number of fused-ring (bicyclic) bond motifs is 1. The van der Waals surface area contributed by atoms with E-state index in [0.717, 1.165) is 34.7 Å². The first-order chi connectivity index (χ1) is 16.1. The van der Waals surface area contributed by atoms with Gasteiger partial charge in [-0.2, -0.15) is 0 Å². The van der Waals surface area contributed by atoms with Crippen molar-refractivity contribution >= 4 is 11.6 Å². The minimum atomic E-state index is 0.0145. The molecule has 0 fully saturated rings. The number of hydrogen-bond acceptors (Lipinski definition) is 5. The molecule has 0 spiro atoms. The van der Waals surface area contributed by atoms with E-state index in [0.29, 0.717) is 32.3 Å². The van der Waals surface area contributed by atoms with E-state index in [1.807, 2.05) is 49.4 Å². The summed E-state index contributed by atoms with van der Waals surface area (Å²) < 4.78 is 7.38. The first-order valence-electron chi connectivity index (χ1n) is 11.4. The molecule has 33 heavy (non-hydrogen) atoms. The minimum absolute atomic E-state index is 0.0145. The van der Waals surface area contributed by atoms with Crippen LogP contribution in [-0.2, 0) is 26.1 Å². The van der Waals surface area contributed by atoms with Crippen LogP contribution in [0.2, 0.25) is 0 Å². The van der Waals surface area contributed by atoms with Crippen molar-refractivity contribution < 1.29 is 4.42 Å². The predicted molar refractivity (Wildman–Crippen MR) is 130 cm³/mol. The largest absolute Gasteiger partial charge is 0.468 e. The number of rotatable bonds is 6. The fourth-order valence-corrected chi connectivity index (χ4v) is 4.36. The molecule has 0 amide bonds. The second-order valence-corrected chi connectivity index (χ2v) is 8.51. The first-order valence-corrected chi connectivity index (χ1v) is 11.4. The van der Waals surface area contributed by atoms with Crippen LogP contribution in [-0.4, -0.2) is 21.1 Å². The van der Waals surface area contributed by atoms with Gasteiger partial charge in [-0.25, -0.2) is 4.98 Å². The normalized spacial score (nSPS) is 13.8. The molecule has 0 N–H and O–H groups in total. The zero-order valence-corrected chi connectivity index (χ0v) is 19.1.